The lowest BCUT2D eigenvalue weighted by atomic mass is 9.95. The SMILES string of the molecule is CCCC[C@H](NC(=O)[C@@H](CSC1CCC(O)C1)Cc1cccc2ccccc12)C(=O)OC(C)(C)C. The second kappa shape index (κ2) is 12.8. The van der Waals surface area contributed by atoms with Gasteiger partial charge in [-0.15, -0.1) is 0 Å². The van der Waals surface area contributed by atoms with Crippen LogP contribution in [0.1, 0.15) is 71.8 Å². The van der Waals surface area contributed by atoms with Gasteiger partial charge in [0.05, 0.1) is 12.0 Å². The number of nitrogens with one attached hydrogen (secondary N) is 1. The summed E-state index contributed by atoms with van der Waals surface area (Å²) in [6.07, 6.45) is 5.31. The monoisotopic (exact) mass is 499 g/mol. The molecule has 3 rings (SSSR count). The number of hydrogen-bond acceptors (Lipinski definition) is 5. The lowest BCUT2D eigenvalue weighted by molar-refractivity contribution is -0.159. The van der Waals surface area contributed by atoms with Crippen LogP contribution in [0, 0.1) is 5.92 Å². The third-order valence-corrected chi connectivity index (χ3v) is 7.96. The highest BCUT2D eigenvalue weighted by Gasteiger charge is 2.31. The van der Waals surface area contributed by atoms with Gasteiger partial charge in [0, 0.05) is 11.0 Å². The van der Waals surface area contributed by atoms with Crippen LogP contribution < -0.4 is 5.32 Å². The number of ether oxygens (including phenoxy) is 1. The van der Waals surface area contributed by atoms with Crippen LogP contribution in [0.4, 0.5) is 0 Å². The molecule has 0 heterocycles. The summed E-state index contributed by atoms with van der Waals surface area (Å²) < 4.78 is 5.62. The van der Waals surface area contributed by atoms with E-state index in [1.54, 1.807) is 11.8 Å². The third kappa shape index (κ3) is 8.53. The average molecular weight is 500 g/mol. The lowest BCUT2D eigenvalue weighted by Crippen LogP contribution is -2.47. The van der Waals surface area contributed by atoms with Gasteiger partial charge in [0.2, 0.25) is 5.91 Å². The Morgan fingerprint density at radius 2 is 1.89 bits per heavy atom. The molecule has 0 saturated heterocycles. The molecule has 35 heavy (non-hydrogen) atoms. The largest absolute Gasteiger partial charge is 0.458 e. The highest BCUT2D eigenvalue weighted by atomic mass is 32.2. The summed E-state index contributed by atoms with van der Waals surface area (Å²) in [6.45, 7) is 7.61. The smallest absolute Gasteiger partial charge is 0.329 e. The first-order valence-electron chi connectivity index (χ1n) is 13.0. The maximum atomic E-state index is 13.6. The van der Waals surface area contributed by atoms with Gasteiger partial charge in [-0.05, 0) is 69.2 Å². The number of aliphatic hydroxyl groups excluding tert-OH is 1. The fourth-order valence-electron chi connectivity index (χ4n) is 4.60. The number of carbonyl (C=O) groups excluding carboxylic acids is 2. The van der Waals surface area contributed by atoms with Crippen molar-refractivity contribution in [2.75, 3.05) is 5.75 Å². The van der Waals surface area contributed by atoms with Crippen LogP contribution in [-0.4, -0.2) is 45.7 Å². The number of rotatable bonds is 11. The second-order valence-electron chi connectivity index (χ2n) is 10.7. The zero-order chi connectivity index (χ0) is 25.4. The summed E-state index contributed by atoms with van der Waals surface area (Å²) in [6, 6.07) is 13.8. The number of unbranched alkanes of at least 4 members (excludes halogenated alkanes) is 1. The number of esters is 1. The van der Waals surface area contributed by atoms with Gasteiger partial charge >= 0.3 is 5.97 Å². The molecule has 5 nitrogen and oxygen atoms in total. The molecule has 0 bridgehead atoms. The number of aliphatic hydroxyl groups is 1. The number of carbonyl (C=O) groups is 2. The van der Waals surface area contributed by atoms with Crippen LogP contribution in [-0.2, 0) is 20.7 Å². The van der Waals surface area contributed by atoms with E-state index in [0.29, 0.717) is 23.8 Å². The van der Waals surface area contributed by atoms with E-state index in [0.717, 1.165) is 48.4 Å². The van der Waals surface area contributed by atoms with Gasteiger partial charge in [0.1, 0.15) is 11.6 Å². The minimum atomic E-state index is -0.644. The van der Waals surface area contributed by atoms with Crippen molar-refractivity contribution < 1.29 is 19.4 Å². The Labute approximate surface area is 214 Å². The molecular weight excluding hydrogens is 458 g/mol. The molecular formula is C29H41NO4S. The van der Waals surface area contributed by atoms with Crippen LogP contribution in [0.2, 0.25) is 0 Å². The fraction of sp³-hybridized carbons (Fsp3) is 0.586. The number of benzene rings is 2. The molecule has 4 atom stereocenters. The first-order valence-corrected chi connectivity index (χ1v) is 14.0. The number of hydrogen-bond donors (Lipinski definition) is 2. The summed E-state index contributed by atoms with van der Waals surface area (Å²) in [5.41, 5.74) is 0.533. The van der Waals surface area contributed by atoms with Gasteiger partial charge in [-0.1, -0.05) is 62.2 Å². The van der Waals surface area contributed by atoms with E-state index in [2.05, 4.69) is 36.5 Å². The highest BCUT2D eigenvalue weighted by molar-refractivity contribution is 7.99. The molecule has 0 aromatic heterocycles. The molecule has 1 fully saturated rings. The zero-order valence-corrected chi connectivity index (χ0v) is 22.4. The molecule has 0 aliphatic heterocycles. The van der Waals surface area contributed by atoms with Crippen LogP contribution in [0.5, 0.6) is 0 Å². The number of amides is 1. The Hall–Kier alpha value is -2.05. The zero-order valence-electron chi connectivity index (χ0n) is 21.6. The van der Waals surface area contributed by atoms with E-state index in [4.69, 9.17) is 4.74 Å². The molecule has 1 amide bonds. The van der Waals surface area contributed by atoms with Crippen molar-refractivity contribution in [2.24, 2.45) is 5.92 Å². The van der Waals surface area contributed by atoms with E-state index in [1.807, 2.05) is 39.0 Å². The molecule has 2 aromatic carbocycles. The Bertz CT molecular complexity index is 981. The minimum Gasteiger partial charge on any atom is -0.458 e. The number of fused-ring (bicyclic) bond motifs is 1. The molecule has 2 unspecified atom stereocenters. The van der Waals surface area contributed by atoms with E-state index in [1.165, 1.54) is 0 Å². The predicted molar refractivity (Wildman–Crippen MR) is 145 cm³/mol. The van der Waals surface area contributed by atoms with Crippen molar-refractivity contribution in [3.05, 3.63) is 48.0 Å². The Kier molecular flexibility index (Phi) is 10.0. The summed E-state index contributed by atoms with van der Waals surface area (Å²) in [7, 11) is 0. The first-order chi connectivity index (χ1) is 16.7. The normalized spacial score (nSPS) is 19.9. The predicted octanol–water partition coefficient (Wildman–Crippen LogP) is 5.66. The van der Waals surface area contributed by atoms with E-state index in [-0.39, 0.29) is 23.9 Å². The average Bonchev–Trinajstić information content (AvgIpc) is 3.23. The number of thioether (sulfide) groups is 1. The van der Waals surface area contributed by atoms with Crippen molar-refractivity contribution in [1.29, 1.82) is 0 Å². The molecule has 1 aliphatic carbocycles. The molecule has 1 aliphatic rings. The van der Waals surface area contributed by atoms with E-state index in [9.17, 15) is 14.7 Å². The lowest BCUT2D eigenvalue weighted by Gasteiger charge is -2.26. The standard InChI is InChI=1S/C29H41NO4S/c1-5-6-14-26(28(33)34-29(2,3)4)30-27(32)22(19-35-24-16-15-23(31)18-24)17-21-12-9-11-20-10-7-8-13-25(20)21/h7-13,22-24,26,31H,5-6,14-19H2,1-4H3,(H,30,32)/t22-,23?,24?,26+/m1/s1. The van der Waals surface area contributed by atoms with Gasteiger partial charge in [-0.25, -0.2) is 4.79 Å². The second-order valence-corrected chi connectivity index (χ2v) is 12.0. The van der Waals surface area contributed by atoms with Crippen LogP contribution in [0.3, 0.4) is 0 Å². The van der Waals surface area contributed by atoms with Crippen LogP contribution in [0.15, 0.2) is 42.5 Å². The quantitative estimate of drug-likeness (QED) is 0.390. The molecule has 192 valence electrons. The first kappa shape index (κ1) is 27.5. The van der Waals surface area contributed by atoms with Gasteiger partial charge < -0.3 is 15.2 Å². The van der Waals surface area contributed by atoms with Gasteiger partial charge in [-0.2, -0.15) is 11.8 Å². The molecule has 0 spiro atoms. The van der Waals surface area contributed by atoms with E-state index < -0.39 is 11.6 Å². The minimum absolute atomic E-state index is 0.101. The van der Waals surface area contributed by atoms with Crippen molar-refractivity contribution in [3.63, 3.8) is 0 Å². The van der Waals surface area contributed by atoms with Crippen molar-refractivity contribution >= 4 is 34.4 Å². The van der Waals surface area contributed by atoms with Gasteiger partial charge in [-0.3, -0.25) is 4.79 Å². The third-order valence-electron chi connectivity index (χ3n) is 6.46. The highest BCUT2D eigenvalue weighted by Crippen LogP contribution is 2.32. The Morgan fingerprint density at radius 1 is 1.14 bits per heavy atom. The van der Waals surface area contributed by atoms with Crippen molar-refractivity contribution in [1.82, 2.24) is 5.32 Å². The van der Waals surface area contributed by atoms with Crippen molar-refractivity contribution in [3.8, 4) is 0 Å². The fourth-order valence-corrected chi connectivity index (χ4v) is 6.04. The summed E-state index contributed by atoms with van der Waals surface area (Å²) in [5, 5.41) is 15.7. The van der Waals surface area contributed by atoms with Crippen molar-refractivity contribution in [2.45, 2.75) is 95.6 Å². The topological polar surface area (TPSA) is 75.6 Å². The van der Waals surface area contributed by atoms with Gasteiger partial charge in [0.15, 0.2) is 0 Å². The van der Waals surface area contributed by atoms with E-state index >= 15 is 0 Å². The summed E-state index contributed by atoms with van der Waals surface area (Å²) in [4.78, 5) is 26.5. The Balaban J connectivity index is 1.78. The van der Waals surface area contributed by atoms with Crippen LogP contribution >= 0.6 is 11.8 Å². The van der Waals surface area contributed by atoms with Crippen LogP contribution in [0.25, 0.3) is 10.8 Å². The molecule has 1 saturated carbocycles. The maximum absolute atomic E-state index is 13.6. The summed E-state index contributed by atoms with van der Waals surface area (Å²) in [5.74, 6) is -0.0952. The molecule has 2 aromatic rings. The summed E-state index contributed by atoms with van der Waals surface area (Å²) >= 11 is 1.78. The molecule has 0 radical (unpaired) electrons. The van der Waals surface area contributed by atoms with Gasteiger partial charge in [0.25, 0.3) is 0 Å². The molecule has 2 N–H and O–H groups in total. The maximum Gasteiger partial charge on any atom is 0.329 e. The molecule has 6 heteroatoms. The Morgan fingerprint density at radius 3 is 2.57 bits per heavy atom.